The Morgan fingerprint density at radius 3 is 2.39 bits per heavy atom. The van der Waals surface area contributed by atoms with Crippen molar-refractivity contribution in [2.45, 2.75) is 0 Å². The highest BCUT2D eigenvalue weighted by Gasteiger charge is 2.26. The van der Waals surface area contributed by atoms with Gasteiger partial charge in [0.2, 0.25) is 11.6 Å². The van der Waals surface area contributed by atoms with Crippen molar-refractivity contribution in [3.8, 4) is 0 Å². The number of nitrogens with one attached hydrogen (secondary N) is 1. The average Bonchev–Trinajstić information content (AvgIpc) is 2.82. The molecule has 0 saturated heterocycles. The molecule has 150 valence electrons. The fraction of sp³-hybridized carbons (Fsp3) is 0. The minimum atomic E-state index is -0.218. The van der Waals surface area contributed by atoms with Crippen LogP contribution in [0.4, 0.5) is 17.1 Å². The van der Waals surface area contributed by atoms with Crippen LogP contribution in [0.25, 0.3) is 10.8 Å². The van der Waals surface area contributed by atoms with Crippen LogP contribution in [0.2, 0.25) is 5.02 Å². The number of nitrogens with zero attached hydrogens (tertiary/aromatic N) is 3. The number of ketones is 1. The first kappa shape index (κ1) is 19.0. The second kappa shape index (κ2) is 8.05. The van der Waals surface area contributed by atoms with Crippen LogP contribution >= 0.6 is 11.6 Å². The Labute approximate surface area is 184 Å². The highest BCUT2D eigenvalue weighted by atomic mass is 35.5. The van der Waals surface area contributed by atoms with Gasteiger partial charge in [0.05, 0.1) is 17.1 Å². The first-order valence-electron chi connectivity index (χ1n) is 9.75. The third kappa shape index (κ3) is 3.67. The summed E-state index contributed by atoms with van der Waals surface area (Å²) in [6, 6.07) is 28.1. The fourth-order valence-corrected chi connectivity index (χ4v) is 3.66. The summed E-state index contributed by atoms with van der Waals surface area (Å²) in [5.41, 5.74) is 5.95. The molecular weight excluding hydrogens is 408 g/mol. The zero-order valence-corrected chi connectivity index (χ0v) is 17.1. The van der Waals surface area contributed by atoms with E-state index in [-0.39, 0.29) is 11.6 Å². The van der Waals surface area contributed by atoms with Gasteiger partial charge >= 0.3 is 0 Å². The van der Waals surface area contributed by atoms with Crippen LogP contribution in [0.1, 0.15) is 10.4 Å². The van der Waals surface area contributed by atoms with E-state index in [0.29, 0.717) is 10.6 Å². The van der Waals surface area contributed by atoms with Crippen LogP contribution in [-0.2, 0) is 0 Å². The number of hydrazone groups is 1. The summed E-state index contributed by atoms with van der Waals surface area (Å²) >= 11 is 5.98. The van der Waals surface area contributed by atoms with Crippen LogP contribution in [0.3, 0.4) is 0 Å². The Morgan fingerprint density at radius 2 is 1.61 bits per heavy atom. The second-order valence-corrected chi connectivity index (χ2v) is 7.45. The molecule has 4 aromatic carbocycles. The van der Waals surface area contributed by atoms with E-state index < -0.39 is 0 Å². The molecule has 0 aromatic heterocycles. The molecule has 5 rings (SSSR count). The average molecular weight is 425 g/mol. The molecule has 1 N–H and O–H groups in total. The van der Waals surface area contributed by atoms with E-state index in [1.54, 1.807) is 47.6 Å². The zero-order valence-electron chi connectivity index (χ0n) is 16.4. The predicted octanol–water partition coefficient (Wildman–Crippen LogP) is 6.28. The number of anilines is 2. The largest absolute Gasteiger partial charge is 0.285 e. The van der Waals surface area contributed by atoms with E-state index in [9.17, 15) is 4.79 Å². The van der Waals surface area contributed by atoms with E-state index in [1.807, 2.05) is 54.6 Å². The monoisotopic (exact) mass is 424 g/mol. The molecule has 0 amide bonds. The number of carbonyl (C=O) groups excluding carboxylic acids is 1. The van der Waals surface area contributed by atoms with Crippen molar-refractivity contribution in [2.24, 2.45) is 10.1 Å². The van der Waals surface area contributed by atoms with E-state index in [1.165, 1.54) is 0 Å². The maximum Gasteiger partial charge on any atom is 0.230 e. The summed E-state index contributed by atoms with van der Waals surface area (Å²) < 4.78 is 0. The normalized spacial score (nSPS) is 12.8. The van der Waals surface area contributed by atoms with Crippen molar-refractivity contribution in [3.05, 3.63) is 102 Å². The summed E-state index contributed by atoms with van der Waals surface area (Å²) in [5, 5.41) is 7.15. The Morgan fingerprint density at radius 1 is 0.871 bits per heavy atom. The smallest absolute Gasteiger partial charge is 0.230 e. The molecule has 0 atom stereocenters. The molecule has 1 heterocycles. The Bertz CT molecular complexity index is 1330. The van der Waals surface area contributed by atoms with E-state index in [0.717, 1.165) is 27.8 Å². The Kier molecular flexibility index (Phi) is 4.94. The maximum atomic E-state index is 13.5. The molecule has 0 aliphatic carbocycles. The third-order valence-corrected chi connectivity index (χ3v) is 5.29. The lowest BCUT2D eigenvalue weighted by atomic mass is 10.0. The minimum absolute atomic E-state index is 0.215. The molecular formula is C25H17ClN4O. The van der Waals surface area contributed by atoms with Gasteiger partial charge in [-0.3, -0.25) is 15.1 Å². The van der Waals surface area contributed by atoms with Crippen LogP contribution in [-0.4, -0.2) is 18.0 Å². The number of Topliss-reactive ketones (excluding diaryl/α,β-unsaturated/α-hetero) is 1. The zero-order chi connectivity index (χ0) is 21.2. The van der Waals surface area contributed by atoms with Crippen LogP contribution < -0.4 is 10.3 Å². The molecule has 0 radical (unpaired) electrons. The van der Waals surface area contributed by atoms with E-state index in [2.05, 4.69) is 15.5 Å². The lowest BCUT2D eigenvalue weighted by Crippen LogP contribution is -2.37. The molecule has 6 heteroatoms. The summed E-state index contributed by atoms with van der Waals surface area (Å²) in [6.45, 7) is 0. The van der Waals surface area contributed by atoms with Gasteiger partial charge in [-0.05, 0) is 41.8 Å². The minimum Gasteiger partial charge on any atom is -0.285 e. The lowest BCUT2D eigenvalue weighted by Gasteiger charge is -2.26. The van der Waals surface area contributed by atoms with Gasteiger partial charge in [-0.15, -0.1) is 0 Å². The van der Waals surface area contributed by atoms with Gasteiger partial charge in [0, 0.05) is 16.0 Å². The molecule has 4 aromatic rings. The van der Waals surface area contributed by atoms with Gasteiger partial charge in [0.1, 0.15) is 6.34 Å². The molecule has 1 aliphatic rings. The number of benzene rings is 4. The quantitative estimate of drug-likeness (QED) is 0.181. The van der Waals surface area contributed by atoms with Gasteiger partial charge in [-0.25, -0.2) is 4.99 Å². The van der Waals surface area contributed by atoms with E-state index >= 15 is 0 Å². The molecule has 0 fully saturated rings. The van der Waals surface area contributed by atoms with Crippen molar-refractivity contribution in [3.63, 3.8) is 0 Å². The summed E-state index contributed by atoms with van der Waals surface area (Å²) in [6.07, 6.45) is 1.64. The number of rotatable bonds is 4. The molecule has 31 heavy (non-hydrogen) atoms. The topological polar surface area (TPSA) is 57.1 Å². The standard InChI is InChI=1S/C25H17ClN4O/c26-19-12-14-20(15-13-19)28-29-25(24(31)18-6-2-1-3-7-18)30-16-27-21-10-4-8-17-9-5-11-22(30)23(17)21/h1-16,28H/b29-25+. The molecule has 0 spiro atoms. The summed E-state index contributed by atoms with van der Waals surface area (Å²) in [7, 11) is 0. The van der Waals surface area contributed by atoms with Gasteiger partial charge in [-0.1, -0.05) is 66.2 Å². The molecule has 0 unspecified atom stereocenters. The van der Waals surface area contributed by atoms with Crippen LogP contribution in [0.5, 0.6) is 0 Å². The first-order valence-corrected chi connectivity index (χ1v) is 10.1. The van der Waals surface area contributed by atoms with Crippen LogP contribution in [0, 0.1) is 0 Å². The maximum absolute atomic E-state index is 13.5. The molecule has 0 bridgehead atoms. The van der Waals surface area contributed by atoms with Gasteiger partial charge in [-0.2, -0.15) is 5.10 Å². The molecule has 0 saturated carbocycles. The first-order chi connectivity index (χ1) is 15.2. The highest BCUT2D eigenvalue weighted by Crippen LogP contribution is 2.37. The predicted molar refractivity (Wildman–Crippen MR) is 128 cm³/mol. The Balaban J connectivity index is 1.61. The number of amidine groups is 1. The number of carbonyl (C=O) groups is 1. The van der Waals surface area contributed by atoms with Gasteiger partial charge in [0.25, 0.3) is 0 Å². The highest BCUT2D eigenvalue weighted by molar-refractivity contribution is 6.53. The summed E-state index contributed by atoms with van der Waals surface area (Å²) in [5.74, 6) is -0.00296. The van der Waals surface area contributed by atoms with Gasteiger partial charge in [0.15, 0.2) is 0 Å². The van der Waals surface area contributed by atoms with Crippen molar-refractivity contribution >= 4 is 57.4 Å². The van der Waals surface area contributed by atoms with E-state index in [4.69, 9.17) is 11.6 Å². The fourth-order valence-electron chi connectivity index (χ4n) is 3.54. The Hall–Kier alpha value is -3.96. The number of hydrogen-bond donors (Lipinski definition) is 1. The third-order valence-electron chi connectivity index (χ3n) is 5.03. The molecule has 5 nitrogen and oxygen atoms in total. The van der Waals surface area contributed by atoms with Crippen molar-refractivity contribution < 1.29 is 4.79 Å². The summed E-state index contributed by atoms with van der Waals surface area (Å²) in [4.78, 5) is 19.8. The molecule has 1 aliphatic heterocycles. The number of halogens is 1. The van der Waals surface area contributed by atoms with Crippen molar-refractivity contribution in [1.29, 1.82) is 0 Å². The SMILES string of the molecule is O=C(/C(=N\Nc1ccc(Cl)cc1)N1C=Nc2cccc3cccc1c23)c1ccccc1. The second-order valence-electron chi connectivity index (χ2n) is 7.02. The van der Waals surface area contributed by atoms with Crippen LogP contribution in [0.15, 0.2) is 101 Å². The number of hydrogen-bond acceptors (Lipinski definition) is 4. The number of aliphatic imine (C=N–C) groups is 1. The van der Waals surface area contributed by atoms with Crippen molar-refractivity contribution in [2.75, 3.05) is 10.3 Å². The van der Waals surface area contributed by atoms with Gasteiger partial charge < -0.3 is 0 Å². The van der Waals surface area contributed by atoms with Crippen molar-refractivity contribution in [1.82, 2.24) is 0 Å². The lowest BCUT2D eigenvalue weighted by molar-refractivity contribution is 0.106.